The zero-order valence-electron chi connectivity index (χ0n) is 14.7. The number of nitrogens with zero attached hydrogens (tertiary/aromatic N) is 2. The molecule has 0 spiro atoms. The minimum atomic E-state index is -0.0221. The first kappa shape index (κ1) is 16.5. The highest BCUT2D eigenvalue weighted by molar-refractivity contribution is 7.98. The predicted molar refractivity (Wildman–Crippen MR) is 103 cm³/mol. The molecule has 1 aromatic heterocycles. The summed E-state index contributed by atoms with van der Waals surface area (Å²) >= 11 is 1.88. The number of thioether (sulfide) groups is 1. The highest BCUT2D eigenvalue weighted by atomic mass is 32.2. The molecule has 2 unspecified atom stereocenters. The maximum Gasteiger partial charge on any atom is 0.267 e. The molecule has 0 saturated carbocycles. The Hall–Kier alpha value is -1.63. The molecule has 5 rings (SSSR count). The number of rotatable bonds is 3. The van der Waals surface area contributed by atoms with Crippen LogP contribution in [-0.4, -0.2) is 40.8 Å². The zero-order chi connectivity index (χ0) is 17.5. The number of fused-ring (bicyclic) bond motifs is 2. The molecule has 0 bridgehead atoms. The molecule has 26 heavy (non-hydrogen) atoms. The summed E-state index contributed by atoms with van der Waals surface area (Å²) in [4.78, 5) is 12.6. The number of aromatic nitrogens is 2. The molecule has 0 amide bonds. The fourth-order valence-electron chi connectivity index (χ4n) is 4.39. The molecule has 5 nitrogen and oxygen atoms in total. The summed E-state index contributed by atoms with van der Waals surface area (Å²) < 4.78 is 7.43. The third-order valence-electron chi connectivity index (χ3n) is 5.73. The van der Waals surface area contributed by atoms with Crippen LogP contribution in [0, 0.1) is 0 Å². The Kier molecular flexibility index (Phi) is 4.35. The first-order valence-electron chi connectivity index (χ1n) is 9.38. The van der Waals surface area contributed by atoms with Crippen molar-refractivity contribution < 1.29 is 4.74 Å². The van der Waals surface area contributed by atoms with Gasteiger partial charge in [-0.2, -0.15) is 16.9 Å². The Morgan fingerprint density at radius 3 is 2.77 bits per heavy atom. The normalized spacial score (nSPS) is 25.2. The Bertz CT molecular complexity index is 857. The van der Waals surface area contributed by atoms with Gasteiger partial charge in [-0.05, 0) is 35.3 Å². The lowest BCUT2D eigenvalue weighted by molar-refractivity contribution is 0.180. The maximum absolute atomic E-state index is 12.6. The van der Waals surface area contributed by atoms with E-state index in [1.807, 2.05) is 11.8 Å². The van der Waals surface area contributed by atoms with Gasteiger partial charge in [0, 0.05) is 24.3 Å². The van der Waals surface area contributed by atoms with Gasteiger partial charge >= 0.3 is 0 Å². The van der Waals surface area contributed by atoms with Crippen LogP contribution < -0.4 is 10.9 Å². The monoisotopic (exact) mass is 369 g/mol. The molecule has 2 atom stereocenters. The van der Waals surface area contributed by atoms with E-state index in [1.54, 1.807) is 10.7 Å². The van der Waals surface area contributed by atoms with E-state index in [4.69, 9.17) is 9.84 Å². The SMILES string of the molecule is O=c1cc2c(nn1C1COCC1NC1Cc3ccccc3C1)CCSC2. The van der Waals surface area contributed by atoms with Crippen LogP contribution in [0.5, 0.6) is 0 Å². The van der Waals surface area contributed by atoms with Crippen molar-refractivity contribution in [2.24, 2.45) is 0 Å². The molecule has 6 heteroatoms. The molecule has 3 heterocycles. The van der Waals surface area contributed by atoms with Gasteiger partial charge in [-0.25, -0.2) is 4.68 Å². The summed E-state index contributed by atoms with van der Waals surface area (Å²) in [6.07, 6.45) is 3.04. The summed E-state index contributed by atoms with van der Waals surface area (Å²) in [5.74, 6) is 1.99. The second-order valence-corrected chi connectivity index (χ2v) is 8.56. The summed E-state index contributed by atoms with van der Waals surface area (Å²) in [6, 6.07) is 11.0. The fraction of sp³-hybridized carbons (Fsp3) is 0.500. The van der Waals surface area contributed by atoms with Gasteiger partial charge in [0.2, 0.25) is 0 Å². The lowest BCUT2D eigenvalue weighted by Crippen LogP contribution is -2.46. The van der Waals surface area contributed by atoms with Crippen molar-refractivity contribution in [2.75, 3.05) is 19.0 Å². The molecule has 1 aromatic carbocycles. The minimum Gasteiger partial charge on any atom is -0.377 e. The molecular weight excluding hydrogens is 346 g/mol. The molecular formula is C20H23N3O2S. The van der Waals surface area contributed by atoms with Crippen LogP contribution >= 0.6 is 11.8 Å². The smallest absolute Gasteiger partial charge is 0.267 e. The van der Waals surface area contributed by atoms with Crippen molar-refractivity contribution >= 4 is 11.8 Å². The van der Waals surface area contributed by atoms with Gasteiger partial charge in [0.1, 0.15) is 0 Å². The van der Waals surface area contributed by atoms with Gasteiger partial charge in [-0.1, -0.05) is 24.3 Å². The van der Waals surface area contributed by atoms with Crippen LogP contribution in [0.2, 0.25) is 0 Å². The number of aryl methyl sites for hydroxylation is 1. The van der Waals surface area contributed by atoms with Crippen LogP contribution in [0.25, 0.3) is 0 Å². The van der Waals surface area contributed by atoms with E-state index in [2.05, 4.69) is 29.6 Å². The topological polar surface area (TPSA) is 56.2 Å². The molecule has 1 aliphatic carbocycles. The van der Waals surface area contributed by atoms with E-state index in [1.165, 1.54) is 11.1 Å². The Balaban J connectivity index is 1.36. The molecule has 1 saturated heterocycles. The van der Waals surface area contributed by atoms with Crippen LogP contribution in [-0.2, 0) is 29.8 Å². The Morgan fingerprint density at radius 2 is 1.96 bits per heavy atom. The standard InChI is InChI=1S/C20H23N3O2S/c24-20-9-15-12-26-6-5-17(15)22-23(20)19-11-25-10-18(19)21-16-7-13-3-1-2-4-14(13)8-16/h1-4,9,16,18-19,21H,5-8,10-12H2. The van der Waals surface area contributed by atoms with Gasteiger partial charge in [-0.3, -0.25) is 4.79 Å². The average molecular weight is 369 g/mol. The number of hydrogen-bond donors (Lipinski definition) is 1. The predicted octanol–water partition coefficient (Wildman–Crippen LogP) is 1.73. The molecule has 0 radical (unpaired) electrons. The third-order valence-corrected chi connectivity index (χ3v) is 6.74. The van der Waals surface area contributed by atoms with Crippen LogP contribution in [0.1, 0.15) is 28.4 Å². The Labute approximate surface area is 157 Å². The minimum absolute atomic E-state index is 0.00302. The molecule has 136 valence electrons. The van der Waals surface area contributed by atoms with Crippen molar-refractivity contribution in [3.63, 3.8) is 0 Å². The number of ether oxygens (including phenoxy) is 1. The summed E-state index contributed by atoms with van der Waals surface area (Å²) in [6.45, 7) is 1.19. The summed E-state index contributed by atoms with van der Waals surface area (Å²) in [5, 5.41) is 8.48. The van der Waals surface area contributed by atoms with Crippen LogP contribution in [0.3, 0.4) is 0 Å². The van der Waals surface area contributed by atoms with Gasteiger partial charge < -0.3 is 10.1 Å². The van der Waals surface area contributed by atoms with Crippen LogP contribution in [0.4, 0.5) is 0 Å². The first-order chi connectivity index (χ1) is 12.8. The van der Waals surface area contributed by atoms with E-state index in [9.17, 15) is 4.79 Å². The zero-order valence-corrected chi connectivity index (χ0v) is 15.5. The largest absolute Gasteiger partial charge is 0.377 e. The lowest BCUT2D eigenvalue weighted by atomic mass is 10.1. The number of benzene rings is 1. The molecule has 1 N–H and O–H groups in total. The number of nitrogens with one attached hydrogen (secondary N) is 1. The number of hydrogen-bond acceptors (Lipinski definition) is 5. The summed E-state index contributed by atoms with van der Waals surface area (Å²) in [7, 11) is 0. The van der Waals surface area contributed by atoms with Crippen molar-refractivity contribution in [2.45, 2.75) is 43.1 Å². The molecule has 2 aromatic rings. The highest BCUT2D eigenvalue weighted by Crippen LogP contribution is 2.26. The quantitative estimate of drug-likeness (QED) is 0.893. The lowest BCUT2D eigenvalue weighted by Gasteiger charge is -2.25. The van der Waals surface area contributed by atoms with Gasteiger partial charge in [0.05, 0.1) is 31.0 Å². The van der Waals surface area contributed by atoms with Crippen molar-refractivity contribution in [3.8, 4) is 0 Å². The van der Waals surface area contributed by atoms with Crippen molar-refractivity contribution in [1.82, 2.24) is 15.1 Å². The van der Waals surface area contributed by atoms with E-state index >= 15 is 0 Å². The fourth-order valence-corrected chi connectivity index (χ4v) is 5.34. The average Bonchev–Trinajstić information content (AvgIpc) is 3.27. The molecule has 3 aliphatic rings. The van der Waals surface area contributed by atoms with E-state index < -0.39 is 0 Å². The van der Waals surface area contributed by atoms with Crippen LogP contribution in [0.15, 0.2) is 35.1 Å². The van der Waals surface area contributed by atoms with Gasteiger partial charge in [0.25, 0.3) is 5.56 Å². The Morgan fingerprint density at radius 1 is 1.15 bits per heavy atom. The summed E-state index contributed by atoms with van der Waals surface area (Å²) in [5.41, 5.74) is 5.06. The maximum atomic E-state index is 12.6. The molecule has 2 aliphatic heterocycles. The van der Waals surface area contributed by atoms with E-state index in [0.29, 0.717) is 19.3 Å². The van der Waals surface area contributed by atoms with E-state index in [-0.39, 0.29) is 17.6 Å². The van der Waals surface area contributed by atoms with E-state index in [0.717, 1.165) is 42.0 Å². The van der Waals surface area contributed by atoms with Gasteiger partial charge in [0.15, 0.2) is 0 Å². The first-order valence-corrected chi connectivity index (χ1v) is 10.5. The van der Waals surface area contributed by atoms with Gasteiger partial charge in [-0.15, -0.1) is 0 Å². The van der Waals surface area contributed by atoms with Crippen molar-refractivity contribution in [3.05, 3.63) is 63.1 Å². The third kappa shape index (κ3) is 3.00. The van der Waals surface area contributed by atoms with Crippen molar-refractivity contribution in [1.29, 1.82) is 0 Å². The second kappa shape index (κ2) is 6.83. The molecule has 1 fully saturated rings. The second-order valence-electron chi connectivity index (χ2n) is 7.45. The highest BCUT2D eigenvalue weighted by Gasteiger charge is 2.34.